The van der Waals surface area contributed by atoms with Crippen molar-refractivity contribution < 1.29 is 19.0 Å². The van der Waals surface area contributed by atoms with Gasteiger partial charge in [0.1, 0.15) is 17.2 Å². The SMILES string of the molecule is CCCCCCCCCCCOc1ccc(C(=O)Oc2ccc(OCCC[C@@H](C)CC)cc2)cc1. The van der Waals surface area contributed by atoms with E-state index in [0.29, 0.717) is 24.5 Å². The summed E-state index contributed by atoms with van der Waals surface area (Å²) in [5.41, 5.74) is 0.505. The summed E-state index contributed by atoms with van der Waals surface area (Å²) in [6, 6.07) is 14.4. The third kappa shape index (κ3) is 12.7. The zero-order valence-electron chi connectivity index (χ0n) is 22.2. The molecule has 2 rings (SSSR count). The van der Waals surface area contributed by atoms with E-state index in [0.717, 1.165) is 30.3 Å². The highest BCUT2D eigenvalue weighted by atomic mass is 16.5. The third-order valence-corrected chi connectivity index (χ3v) is 6.45. The third-order valence-electron chi connectivity index (χ3n) is 6.45. The van der Waals surface area contributed by atoms with Crippen LogP contribution in [0, 0.1) is 5.92 Å². The second-order valence-corrected chi connectivity index (χ2v) is 9.57. The summed E-state index contributed by atoms with van der Waals surface area (Å²) < 4.78 is 17.1. The zero-order chi connectivity index (χ0) is 25.1. The molecule has 0 aliphatic heterocycles. The second kappa shape index (κ2) is 17.9. The van der Waals surface area contributed by atoms with Gasteiger partial charge in [-0.25, -0.2) is 4.79 Å². The highest BCUT2D eigenvalue weighted by molar-refractivity contribution is 5.91. The van der Waals surface area contributed by atoms with Gasteiger partial charge in [0.2, 0.25) is 0 Å². The first-order chi connectivity index (χ1) is 17.1. The monoisotopic (exact) mass is 482 g/mol. The van der Waals surface area contributed by atoms with E-state index in [4.69, 9.17) is 14.2 Å². The topological polar surface area (TPSA) is 44.8 Å². The molecule has 0 bridgehead atoms. The molecule has 0 saturated carbocycles. The summed E-state index contributed by atoms with van der Waals surface area (Å²) in [6.07, 6.45) is 15.1. The second-order valence-electron chi connectivity index (χ2n) is 9.57. The zero-order valence-corrected chi connectivity index (χ0v) is 22.2. The molecule has 2 aromatic rings. The highest BCUT2D eigenvalue weighted by Gasteiger charge is 2.09. The fraction of sp³-hybridized carbons (Fsp3) is 0.581. The fourth-order valence-corrected chi connectivity index (χ4v) is 3.89. The van der Waals surface area contributed by atoms with Crippen LogP contribution >= 0.6 is 0 Å². The van der Waals surface area contributed by atoms with Gasteiger partial charge in [0.15, 0.2) is 0 Å². The van der Waals surface area contributed by atoms with Crippen LogP contribution in [0.1, 0.15) is 108 Å². The summed E-state index contributed by atoms with van der Waals surface area (Å²) in [6.45, 7) is 8.16. The first kappa shape index (κ1) is 28.7. The van der Waals surface area contributed by atoms with E-state index < -0.39 is 0 Å². The number of hydrogen-bond donors (Lipinski definition) is 0. The Kier molecular flexibility index (Phi) is 14.7. The van der Waals surface area contributed by atoms with E-state index in [1.54, 1.807) is 24.3 Å². The van der Waals surface area contributed by atoms with Crippen LogP contribution in [-0.2, 0) is 0 Å². The molecule has 0 fully saturated rings. The van der Waals surface area contributed by atoms with Gasteiger partial charge >= 0.3 is 5.97 Å². The van der Waals surface area contributed by atoms with Gasteiger partial charge in [-0.1, -0.05) is 78.6 Å². The maximum absolute atomic E-state index is 12.5. The Balaban J connectivity index is 1.62. The molecule has 0 aliphatic carbocycles. The van der Waals surface area contributed by atoms with Crippen LogP contribution in [0.5, 0.6) is 17.2 Å². The van der Waals surface area contributed by atoms with Gasteiger partial charge in [-0.3, -0.25) is 0 Å². The summed E-state index contributed by atoms with van der Waals surface area (Å²) in [4.78, 5) is 12.5. The van der Waals surface area contributed by atoms with Gasteiger partial charge in [0.25, 0.3) is 0 Å². The molecule has 0 amide bonds. The maximum Gasteiger partial charge on any atom is 0.343 e. The minimum absolute atomic E-state index is 0.377. The molecule has 2 aromatic carbocycles. The van der Waals surface area contributed by atoms with E-state index in [1.165, 1.54) is 64.2 Å². The van der Waals surface area contributed by atoms with Crippen molar-refractivity contribution in [3.8, 4) is 17.2 Å². The Morgan fingerprint density at radius 3 is 1.71 bits per heavy atom. The van der Waals surface area contributed by atoms with E-state index in [1.807, 2.05) is 24.3 Å². The number of carbonyl (C=O) groups excluding carboxylic acids is 1. The van der Waals surface area contributed by atoms with Gasteiger partial charge in [0.05, 0.1) is 18.8 Å². The molecule has 194 valence electrons. The number of ether oxygens (including phenoxy) is 3. The lowest BCUT2D eigenvalue weighted by Crippen LogP contribution is -2.08. The van der Waals surface area contributed by atoms with Crippen molar-refractivity contribution in [2.75, 3.05) is 13.2 Å². The molecule has 1 atom stereocenters. The van der Waals surface area contributed by atoms with Crippen LogP contribution in [0.25, 0.3) is 0 Å². The first-order valence-electron chi connectivity index (χ1n) is 13.8. The molecule has 0 aliphatic rings. The van der Waals surface area contributed by atoms with E-state index in [-0.39, 0.29) is 5.97 Å². The lowest BCUT2D eigenvalue weighted by Gasteiger charge is -2.10. The summed E-state index contributed by atoms with van der Waals surface area (Å²) >= 11 is 0. The van der Waals surface area contributed by atoms with E-state index in [9.17, 15) is 4.79 Å². The minimum atomic E-state index is -0.377. The van der Waals surface area contributed by atoms with Gasteiger partial charge in [-0.05, 0) is 73.7 Å². The van der Waals surface area contributed by atoms with Crippen LogP contribution in [-0.4, -0.2) is 19.2 Å². The standard InChI is InChI=1S/C31H46O4/c1-4-6-7-8-9-10-11-12-13-24-33-28-18-16-27(17-19-28)31(32)35-30-22-20-29(21-23-30)34-25-14-15-26(3)5-2/h16-23,26H,4-15,24-25H2,1-3H3/t26-/m0/s1. The number of rotatable bonds is 19. The Morgan fingerprint density at radius 2 is 1.14 bits per heavy atom. The molecule has 0 radical (unpaired) electrons. The molecule has 0 aromatic heterocycles. The molecular formula is C31H46O4. The number of unbranched alkanes of at least 4 members (excludes halogenated alkanes) is 8. The molecule has 0 heterocycles. The van der Waals surface area contributed by atoms with E-state index >= 15 is 0 Å². The number of benzene rings is 2. The lowest BCUT2D eigenvalue weighted by molar-refractivity contribution is 0.0734. The summed E-state index contributed by atoms with van der Waals surface area (Å²) in [5, 5.41) is 0. The molecule has 4 heteroatoms. The predicted molar refractivity (Wildman–Crippen MR) is 145 cm³/mol. The lowest BCUT2D eigenvalue weighted by atomic mass is 10.0. The molecule has 4 nitrogen and oxygen atoms in total. The fourth-order valence-electron chi connectivity index (χ4n) is 3.89. The Labute approximate surface area is 213 Å². The Bertz CT molecular complexity index is 798. The number of esters is 1. The predicted octanol–water partition coefficient (Wildman–Crippen LogP) is 9.02. The Morgan fingerprint density at radius 1 is 0.657 bits per heavy atom. The smallest absolute Gasteiger partial charge is 0.343 e. The minimum Gasteiger partial charge on any atom is -0.494 e. The van der Waals surface area contributed by atoms with Crippen LogP contribution in [0.15, 0.2) is 48.5 Å². The molecular weight excluding hydrogens is 436 g/mol. The highest BCUT2D eigenvalue weighted by Crippen LogP contribution is 2.20. The molecule has 0 spiro atoms. The van der Waals surface area contributed by atoms with Crippen molar-refractivity contribution in [1.82, 2.24) is 0 Å². The average Bonchev–Trinajstić information content (AvgIpc) is 2.88. The van der Waals surface area contributed by atoms with Crippen molar-refractivity contribution in [1.29, 1.82) is 0 Å². The molecule has 0 N–H and O–H groups in total. The van der Waals surface area contributed by atoms with Crippen molar-refractivity contribution in [2.24, 2.45) is 5.92 Å². The van der Waals surface area contributed by atoms with E-state index in [2.05, 4.69) is 20.8 Å². The van der Waals surface area contributed by atoms with Gasteiger partial charge < -0.3 is 14.2 Å². The van der Waals surface area contributed by atoms with Gasteiger partial charge in [-0.2, -0.15) is 0 Å². The molecule has 0 unspecified atom stereocenters. The van der Waals surface area contributed by atoms with Crippen molar-refractivity contribution in [3.63, 3.8) is 0 Å². The normalized spacial score (nSPS) is 11.7. The quantitative estimate of drug-likeness (QED) is 0.114. The maximum atomic E-state index is 12.5. The average molecular weight is 483 g/mol. The van der Waals surface area contributed by atoms with Crippen molar-refractivity contribution in [2.45, 2.75) is 97.8 Å². The van der Waals surface area contributed by atoms with Crippen molar-refractivity contribution >= 4 is 5.97 Å². The summed E-state index contributed by atoms with van der Waals surface area (Å²) in [7, 11) is 0. The van der Waals surface area contributed by atoms with Crippen LogP contribution < -0.4 is 14.2 Å². The summed E-state index contributed by atoms with van der Waals surface area (Å²) in [5.74, 6) is 2.45. The molecule has 35 heavy (non-hydrogen) atoms. The van der Waals surface area contributed by atoms with Crippen molar-refractivity contribution in [3.05, 3.63) is 54.1 Å². The Hall–Kier alpha value is -2.49. The number of hydrogen-bond acceptors (Lipinski definition) is 4. The first-order valence-corrected chi connectivity index (χ1v) is 13.8. The van der Waals surface area contributed by atoms with Gasteiger partial charge in [-0.15, -0.1) is 0 Å². The van der Waals surface area contributed by atoms with Gasteiger partial charge in [0, 0.05) is 0 Å². The molecule has 0 saturated heterocycles. The van der Waals surface area contributed by atoms with Crippen LogP contribution in [0.4, 0.5) is 0 Å². The van der Waals surface area contributed by atoms with Crippen LogP contribution in [0.3, 0.4) is 0 Å². The largest absolute Gasteiger partial charge is 0.494 e. The number of carbonyl (C=O) groups is 1. The van der Waals surface area contributed by atoms with Crippen LogP contribution in [0.2, 0.25) is 0 Å².